The van der Waals surface area contributed by atoms with Crippen LogP contribution in [0.3, 0.4) is 0 Å². The Kier molecular flexibility index (Phi) is 7.92. The van der Waals surface area contributed by atoms with Gasteiger partial charge in [-0.05, 0) is 115 Å². The van der Waals surface area contributed by atoms with Crippen LogP contribution in [0, 0.1) is 0 Å². The summed E-state index contributed by atoms with van der Waals surface area (Å²) in [5.41, 5.74) is 17.2. The molecular weight excluding hydrogens is 739 g/mol. The van der Waals surface area contributed by atoms with E-state index in [1.807, 2.05) is 6.07 Å². The number of furan rings is 1. The molecule has 1 aliphatic carbocycles. The normalized spacial score (nSPS) is 12.9. The molecule has 0 bridgehead atoms. The lowest BCUT2D eigenvalue weighted by Crippen LogP contribution is -2.17. The summed E-state index contributed by atoms with van der Waals surface area (Å²) in [6.45, 7) is 4.73. The maximum absolute atomic E-state index is 6.42. The molecular formula is C59H41NO. The second-order valence-electron chi connectivity index (χ2n) is 16.8. The molecule has 1 heterocycles. The van der Waals surface area contributed by atoms with Crippen LogP contribution in [0.5, 0.6) is 0 Å². The maximum atomic E-state index is 6.42. The van der Waals surface area contributed by atoms with Gasteiger partial charge in [0.15, 0.2) is 0 Å². The first kappa shape index (κ1) is 35.3. The molecule has 0 aliphatic heterocycles. The van der Waals surface area contributed by atoms with Crippen molar-refractivity contribution in [3.8, 4) is 44.5 Å². The minimum absolute atomic E-state index is 0.172. The molecule has 1 aromatic heterocycles. The molecule has 0 N–H and O–H groups in total. The second-order valence-corrected chi connectivity index (χ2v) is 16.8. The van der Waals surface area contributed by atoms with Gasteiger partial charge in [0.1, 0.15) is 11.2 Å². The molecule has 0 spiro atoms. The zero-order valence-corrected chi connectivity index (χ0v) is 34.1. The third-order valence-electron chi connectivity index (χ3n) is 13.1. The molecule has 61 heavy (non-hydrogen) atoms. The van der Waals surface area contributed by atoms with Crippen molar-refractivity contribution in [2.24, 2.45) is 0 Å². The Morgan fingerprint density at radius 3 is 1.87 bits per heavy atom. The van der Waals surface area contributed by atoms with Crippen molar-refractivity contribution in [1.29, 1.82) is 0 Å². The molecule has 0 fully saturated rings. The van der Waals surface area contributed by atoms with E-state index in [2.05, 4.69) is 225 Å². The highest BCUT2D eigenvalue weighted by Gasteiger charge is 2.36. The lowest BCUT2D eigenvalue weighted by atomic mass is 9.82. The molecule has 10 aromatic carbocycles. The van der Waals surface area contributed by atoms with E-state index in [0.29, 0.717) is 0 Å². The van der Waals surface area contributed by atoms with E-state index in [4.69, 9.17) is 4.42 Å². The smallest absolute Gasteiger partial charge is 0.135 e. The van der Waals surface area contributed by atoms with Gasteiger partial charge in [0.05, 0.1) is 11.4 Å². The first-order valence-electron chi connectivity index (χ1n) is 21.2. The van der Waals surface area contributed by atoms with Crippen molar-refractivity contribution >= 4 is 60.5 Å². The average Bonchev–Trinajstić information content (AvgIpc) is 3.80. The van der Waals surface area contributed by atoms with Crippen molar-refractivity contribution in [2.75, 3.05) is 4.90 Å². The molecule has 2 nitrogen and oxygen atoms in total. The molecule has 1 aliphatic rings. The molecule has 0 atom stereocenters. The Balaban J connectivity index is 1.20. The van der Waals surface area contributed by atoms with Crippen LogP contribution in [0.2, 0.25) is 0 Å². The molecule has 2 heteroatoms. The standard InChI is InChI=1S/C59H41NO/c1-59(2)52-27-13-10-24-46(52)47-33-32-41(37-53(47)59)60(54-28-14-11-21-43(54)38-17-4-3-5-18-38)55-29-16-26-49(50-35-39-19-6-7-20-42(39)44-22-8-9-23-45(44)50)58(55)40-31-34-57-51(36-40)48-25-12-15-30-56(48)61-57/h3-37H,1-2H3. The van der Waals surface area contributed by atoms with E-state index in [1.165, 1.54) is 60.5 Å². The number of para-hydroxylation sites is 2. The third-order valence-corrected chi connectivity index (χ3v) is 13.1. The molecule has 288 valence electrons. The van der Waals surface area contributed by atoms with Gasteiger partial charge in [-0.25, -0.2) is 0 Å². The zero-order chi connectivity index (χ0) is 40.7. The Labute approximate surface area is 355 Å². The number of nitrogens with zero attached hydrogens (tertiary/aromatic N) is 1. The quantitative estimate of drug-likeness (QED) is 0.156. The maximum Gasteiger partial charge on any atom is 0.135 e. The summed E-state index contributed by atoms with van der Waals surface area (Å²) >= 11 is 0. The van der Waals surface area contributed by atoms with Gasteiger partial charge in [-0.2, -0.15) is 0 Å². The number of anilines is 3. The summed E-state index contributed by atoms with van der Waals surface area (Å²) in [6, 6.07) is 77.7. The molecule has 0 radical (unpaired) electrons. The van der Waals surface area contributed by atoms with Gasteiger partial charge >= 0.3 is 0 Å². The fourth-order valence-corrected chi connectivity index (χ4v) is 10.2. The van der Waals surface area contributed by atoms with E-state index in [-0.39, 0.29) is 5.41 Å². The van der Waals surface area contributed by atoms with Crippen LogP contribution >= 0.6 is 0 Å². The van der Waals surface area contributed by atoms with Gasteiger partial charge < -0.3 is 9.32 Å². The van der Waals surface area contributed by atoms with Crippen LogP contribution < -0.4 is 4.90 Å². The summed E-state index contributed by atoms with van der Waals surface area (Å²) < 4.78 is 6.42. The largest absolute Gasteiger partial charge is 0.456 e. The summed E-state index contributed by atoms with van der Waals surface area (Å²) in [7, 11) is 0. The Hall–Kier alpha value is -7.68. The van der Waals surface area contributed by atoms with E-state index >= 15 is 0 Å². The molecule has 0 unspecified atom stereocenters. The minimum Gasteiger partial charge on any atom is -0.456 e. The SMILES string of the molecule is CC1(C)c2ccccc2-c2ccc(N(c3ccccc3-c3ccccc3)c3cccc(-c4cc5ccccc5c5ccccc45)c3-c3ccc4oc5ccccc5c4c3)cc21. The Morgan fingerprint density at radius 1 is 0.361 bits per heavy atom. The van der Waals surface area contributed by atoms with Crippen molar-refractivity contribution in [1.82, 2.24) is 0 Å². The monoisotopic (exact) mass is 779 g/mol. The van der Waals surface area contributed by atoms with Crippen LogP contribution in [-0.4, -0.2) is 0 Å². The first-order chi connectivity index (χ1) is 30.0. The van der Waals surface area contributed by atoms with Gasteiger partial charge in [-0.15, -0.1) is 0 Å². The number of rotatable bonds is 6. The molecule has 12 rings (SSSR count). The van der Waals surface area contributed by atoms with Gasteiger partial charge in [-0.3, -0.25) is 0 Å². The highest BCUT2D eigenvalue weighted by Crippen LogP contribution is 2.54. The zero-order valence-electron chi connectivity index (χ0n) is 34.1. The van der Waals surface area contributed by atoms with Crippen LogP contribution in [-0.2, 0) is 5.41 Å². The Morgan fingerprint density at radius 2 is 1.00 bits per heavy atom. The minimum atomic E-state index is -0.172. The topological polar surface area (TPSA) is 16.4 Å². The van der Waals surface area contributed by atoms with Crippen LogP contribution in [0.1, 0.15) is 25.0 Å². The number of hydrogen-bond acceptors (Lipinski definition) is 2. The summed E-state index contributed by atoms with van der Waals surface area (Å²) in [4.78, 5) is 2.52. The summed E-state index contributed by atoms with van der Waals surface area (Å²) in [5, 5.41) is 7.16. The molecule has 0 saturated heterocycles. The van der Waals surface area contributed by atoms with Gasteiger partial charge in [0.2, 0.25) is 0 Å². The number of hydrogen-bond donors (Lipinski definition) is 0. The first-order valence-corrected chi connectivity index (χ1v) is 21.2. The van der Waals surface area contributed by atoms with Crippen LogP contribution in [0.4, 0.5) is 17.1 Å². The van der Waals surface area contributed by atoms with Gasteiger partial charge in [0, 0.05) is 33.0 Å². The predicted octanol–water partition coefficient (Wildman–Crippen LogP) is 16.7. The Bertz CT molecular complexity index is 3520. The van der Waals surface area contributed by atoms with E-state index in [9.17, 15) is 0 Å². The predicted molar refractivity (Wildman–Crippen MR) is 257 cm³/mol. The van der Waals surface area contributed by atoms with Crippen molar-refractivity contribution < 1.29 is 4.42 Å². The van der Waals surface area contributed by atoms with E-state index in [0.717, 1.165) is 55.7 Å². The van der Waals surface area contributed by atoms with Crippen molar-refractivity contribution in [2.45, 2.75) is 19.3 Å². The highest BCUT2D eigenvalue weighted by molar-refractivity contribution is 6.16. The molecule has 0 saturated carbocycles. The van der Waals surface area contributed by atoms with Gasteiger partial charge in [0.25, 0.3) is 0 Å². The van der Waals surface area contributed by atoms with E-state index < -0.39 is 0 Å². The summed E-state index contributed by atoms with van der Waals surface area (Å²) in [6.07, 6.45) is 0. The highest BCUT2D eigenvalue weighted by atomic mass is 16.3. The van der Waals surface area contributed by atoms with Crippen LogP contribution in [0.25, 0.3) is 88.0 Å². The molecule has 11 aromatic rings. The molecule has 0 amide bonds. The fourth-order valence-electron chi connectivity index (χ4n) is 10.2. The van der Waals surface area contributed by atoms with Crippen LogP contribution in [0.15, 0.2) is 217 Å². The second kappa shape index (κ2) is 13.7. The van der Waals surface area contributed by atoms with E-state index in [1.54, 1.807) is 0 Å². The fraction of sp³-hybridized carbons (Fsp3) is 0.0508. The number of benzene rings is 10. The lowest BCUT2D eigenvalue weighted by molar-refractivity contribution is 0.660. The third kappa shape index (κ3) is 5.49. The van der Waals surface area contributed by atoms with Crippen molar-refractivity contribution in [3.63, 3.8) is 0 Å². The number of fused-ring (bicyclic) bond motifs is 9. The van der Waals surface area contributed by atoms with Crippen molar-refractivity contribution in [3.05, 3.63) is 223 Å². The lowest BCUT2D eigenvalue weighted by Gasteiger charge is -2.32. The van der Waals surface area contributed by atoms with Gasteiger partial charge in [-0.1, -0.05) is 178 Å². The average molecular weight is 780 g/mol. The summed E-state index contributed by atoms with van der Waals surface area (Å²) in [5.74, 6) is 0.